The summed E-state index contributed by atoms with van der Waals surface area (Å²) in [5, 5.41) is 0. The van der Waals surface area contributed by atoms with E-state index in [1.807, 2.05) is 38.1 Å². The Kier molecular flexibility index (Phi) is 6.50. The van der Waals surface area contributed by atoms with Crippen LogP contribution in [0, 0.1) is 13.8 Å². The average molecular weight is 391 g/mol. The highest BCUT2D eigenvalue weighted by Crippen LogP contribution is 2.19. The van der Waals surface area contributed by atoms with Gasteiger partial charge in [-0.05, 0) is 43.2 Å². The average Bonchev–Trinajstić information content (AvgIpc) is 3.02. The Morgan fingerprint density at radius 1 is 0.931 bits per heavy atom. The number of aromatic nitrogens is 1. The maximum atomic E-state index is 12.7. The fourth-order valence-electron chi connectivity index (χ4n) is 3.26. The summed E-state index contributed by atoms with van der Waals surface area (Å²) in [6.45, 7) is 4.67. The van der Waals surface area contributed by atoms with Crippen LogP contribution >= 0.6 is 0 Å². The summed E-state index contributed by atoms with van der Waals surface area (Å²) in [5.74, 6) is 0.237. The zero-order valence-electron chi connectivity index (χ0n) is 17.0. The molecule has 0 atom stereocenters. The molecule has 0 fully saturated rings. The monoisotopic (exact) mass is 391 g/mol. The second kappa shape index (κ2) is 9.24. The molecule has 0 N–H and O–H groups in total. The van der Waals surface area contributed by atoms with Crippen molar-refractivity contribution in [2.45, 2.75) is 26.8 Å². The van der Waals surface area contributed by atoms with E-state index in [9.17, 15) is 9.59 Å². The molecule has 1 aromatic heterocycles. The van der Waals surface area contributed by atoms with Gasteiger partial charge in [-0.2, -0.15) is 0 Å². The highest BCUT2D eigenvalue weighted by atomic mass is 16.5. The molecule has 0 spiro atoms. The molecule has 0 aliphatic heterocycles. The Morgan fingerprint density at radius 2 is 1.62 bits per heavy atom. The molecule has 0 aliphatic carbocycles. The predicted octanol–water partition coefficient (Wildman–Crippen LogP) is 4.13. The normalized spacial score (nSPS) is 10.6. The van der Waals surface area contributed by atoms with E-state index in [0.29, 0.717) is 11.3 Å². The number of rotatable bonds is 8. The molecule has 5 heteroatoms. The number of hydrogen-bond donors (Lipinski definition) is 0. The fraction of sp³-hybridized carbons (Fsp3) is 0.250. The first-order valence-electron chi connectivity index (χ1n) is 9.50. The standard InChI is InChI=1S/C24H25NO4/c1-17-13-22(18(2)25(17)15-20-7-5-4-6-8-20)23(26)16-29-21-11-9-19(10-12-21)14-24(27)28-3/h4-13H,14-16H2,1-3H3. The SMILES string of the molecule is COC(=O)Cc1ccc(OCC(=O)c2cc(C)n(Cc3ccccc3)c2C)cc1. The Balaban J connectivity index is 1.64. The fourth-order valence-corrected chi connectivity index (χ4v) is 3.26. The van der Waals surface area contributed by atoms with Crippen LogP contribution in [-0.4, -0.2) is 30.0 Å². The first kappa shape index (κ1) is 20.4. The predicted molar refractivity (Wildman–Crippen MR) is 111 cm³/mol. The maximum Gasteiger partial charge on any atom is 0.309 e. The first-order valence-corrected chi connectivity index (χ1v) is 9.50. The number of benzene rings is 2. The molecule has 29 heavy (non-hydrogen) atoms. The highest BCUT2D eigenvalue weighted by Gasteiger charge is 2.16. The quantitative estimate of drug-likeness (QED) is 0.428. The number of esters is 1. The van der Waals surface area contributed by atoms with Crippen LogP contribution in [0.15, 0.2) is 60.7 Å². The molecular formula is C24H25NO4. The third kappa shape index (κ3) is 5.13. The second-order valence-electron chi connectivity index (χ2n) is 6.97. The molecule has 0 bridgehead atoms. The number of ether oxygens (including phenoxy) is 2. The molecule has 0 aliphatic rings. The molecular weight excluding hydrogens is 366 g/mol. The number of carbonyl (C=O) groups is 2. The third-order valence-electron chi connectivity index (χ3n) is 4.93. The van der Waals surface area contributed by atoms with Crippen LogP contribution in [0.2, 0.25) is 0 Å². The lowest BCUT2D eigenvalue weighted by Gasteiger charge is -2.10. The van der Waals surface area contributed by atoms with Gasteiger partial charge in [-0.25, -0.2) is 0 Å². The molecule has 0 saturated heterocycles. The number of nitrogens with zero attached hydrogens (tertiary/aromatic N) is 1. The Bertz CT molecular complexity index is 988. The van der Waals surface area contributed by atoms with Gasteiger partial charge >= 0.3 is 5.97 Å². The lowest BCUT2D eigenvalue weighted by Crippen LogP contribution is -2.13. The molecule has 0 saturated carbocycles. The topological polar surface area (TPSA) is 57.5 Å². The maximum absolute atomic E-state index is 12.7. The van der Waals surface area contributed by atoms with Crippen molar-refractivity contribution in [1.29, 1.82) is 0 Å². The number of ketones is 1. The smallest absolute Gasteiger partial charge is 0.309 e. The van der Waals surface area contributed by atoms with E-state index in [-0.39, 0.29) is 24.8 Å². The van der Waals surface area contributed by atoms with E-state index in [2.05, 4.69) is 21.4 Å². The van der Waals surface area contributed by atoms with E-state index >= 15 is 0 Å². The minimum atomic E-state index is -0.292. The number of aryl methyl sites for hydroxylation is 1. The van der Waals surface area contributed by atoms with Crippen molar-refractivity contribution in [3.63, 3.8) is 0 Å². The van der Waals surface area contributed by atoms with Crippen molar-refractivity contribution in [3.05, 3.63) is 88.7 Å². The minimum absolute atomic E-state index is 0.0357. The van der Waals surface area contributed by atoms with E-state index in [1.54, 1.807) is 24.3 Å². The van der Waals surface area contributed by atoms with Crippen molar-refractivity contribution >= 4 is 11.8 Å². The van der Waals surface area contributed by atoms with Crippen LogP contribution in [0.5, 0.6) is 5.75 Å². The third-order valence-corrected chi connectivity index (χ3v) is 4.93. The molecule has 0 radical (unpaired) electrons. The zero-order chi connectivity index (χ0) is 20.8. The molecule has 0 unspecified atom stereocenters. The molecule has 150 valence electrons. The Hall–Kier alpha value is -3.34. The van der Waals surface area contributed by atoms with Gasteiger partial charge in [0.05, 0.1) is 13.5 Å². The van der Waals surface area contributed by atoms with Gasteiger partial charge in [0.2, 0.25) is 5.78 Å². The van der Waals surface area contributed by atoms with Crippen molar-refractivity contribution in [1.82, 2.24) is 4.57 Å². The minimum Gasteiger partial charge on any atom is -0.485 e. The van der Waals surface area contributed by atoms with Gasteiger partial charge in [-0.1, -0.05) is 42.5 Å². The van der Waals surface area contributed by atoms with Gasteiger partial charge in [0.1, 0.15) is 5.75 Å². The lowest BCUT2D eigenvalue weighted by molar-refractivity contribution is -0.139. The van der Waals surface area contributed by atoms with E-state index in [0.717, 1.165) is 23.5 Å². The van der Waals surface area contributed by atoms with Crippen molar-refractivity contribution in [3.8, 4) is 5.75 Å². The molecule has 3 aromatic rings. The van der Waals surface area contributed by atoms with Gasteiger partial charge in [-0.3, -0.25) is 9.59 Å². The summed E-state index contributed by atoms with van der Waals surface area (Å²) in [4.78, 5) is 24.0. The molecule has 5 nitrogen and oxygen atoms in total. The van der Waals surface area contributed by atoms with Crippen molar-refractivity contribution < 1.29 is 19.1 Å². The largest absolute Gasteiger partial charge is 0.485 e. The van der Waals surface area contributed by atoms with Crippen LogP contribution in [0.1, 0.15) is 32.9 Å². The van der Waals surface area contributed by atoms with E-state index < -0.39 is 0 Å². The number of methoxy groups -OCH3 is 1. The second-order valence-corrected chi connectivity index (χ2v) is 6.97. The summed E-state index contributed by atoms with van der Waals surface area (Å²) in [6, 6.07) is 19.2. The summed E-state index contributed by atoms with van der Waals surface area (Å²) in [7, 11) is 1.36. The van der Waals surface area contributed by atoms with Gasteiger partial charge in [0.25, 0.3) is 0 Å². The summed E-state index contributed by atoms with van der Waals surface area (Å²) >= 11 is 0. The number of carbonyl (C=O) groups excluding carboxylic acids is 2. The van der Waals surface area contributed by atoms with Gasteiger partial charge in [-0.15, -0.1) is 0 Å². The summed E-state index contributed by atoms with van der Waals surface area (Å²) in [5.41, 5.74) is 4.69. The highest BCUT2D eigenvalue weighted by molar-refractivity contribution is 5.98. The Labute approximate surface area is 170 Å². The van der Waals surface area contributed by atoms with Gasteiger partial charge in [0.15, 0.2) is 6.61 Å². The number of Topliss-reactive ketones (excluding diaryl/α,β-unsaturated/α-hetero) is 1. The van der Waals surface area contributed by atoms with Crippen LogP contribution in [-0.2, 0) is 22.5 Å². The summed E-state index contributed by atoms with van der Waals surface area (Å²) in [6.07, 6.45) is 0.211. The Morgan fingerprint density at radius 3 is 2.28 bits per heavy atom. The zero-order valence-corrected chi connectivity index (χ0v) is 17.0. The lowest BCUT2D eigenvalue weighted by atomic mass is 10.1. The van der Waals surface area contributed by atoms with E-state index in [1.165, 1.54) is 12.7 Å². The van der Waals surface area contributed by atoms with Crippen LogP contribution < -0.4 is 4.74 Å². The summed E-state index contributed by atoms with van der Waals surface area (Å²) < 4.78 is 12.5. The number of hydrogen-bond acceptors (Lipinski definition) is 4. The van der Waals surface area contributed by atoms with E-state index in [4.69, 9.17) is 4.74 Å². The van der Waals surface area contributed by atoms with Crippen LogP contribution in [0.3, 0.4) is 0 Å². The van der Waals surface area contributed by atoms with Crippen molar-refractivity contribution in [2.75, 3.05) is 13.7 Å². The molecule has 3 rings (SSSR count). The van der Waals surface area contributed by atoms with Gasteiger partial charge < -0.3 is 14.0 Å². The van der Waals surface area contributed by atoms with Crippen LogP contribution in [0.25, 0.3) is 0 Å². The first-order chi connectivity index (χ1) is 14.0. The molecule has 0 amide bonds. The van der Waals surface area contributed by atoms with Crippen molar-refractivity contribution in [2.24, 2.45) is 0 Å². The molecule has 1 heterocycles. The molecule has 2 aromatic carbocycles. The van der Waals surface area contributed by atoms with Gasteiger partial charge in [0, 0.05) is 23.5 Å². The van der Waals surface area contributed by atoms with Crippen LogP contribution in [0.4, 0.5) is 0 Å².